The fourth-order valence-corrected chi connectivity index (χ4v) is 2.07. The third-order valence-corrected chi connectivity index (χ3v) is 3.32. The molecule has 1 aromatic carbocycles. The van der Waals surface area contributed by atoms with Crippen LogP contribution in [0.1, 0.15) is 16.8 Å². The average Bonchev–Trinajstić information content (AvgIpc) is 2.35. The van der Waals surface area contributed by atoms with Gasteiger partial charge in [0.05, 0.1) is 17.3 Å². The Morgan fingerprint density at radius 2 is 2.21 bits per heavy atom. The van der Waals surface area contributed by atoms with Crippen LogP contribution < -0.4 is 11.1 Å². The van der Waals surface area contributed by atoms with Gasteiger partial charge < -0.3 is 16.2 Å². The number of hydrogen-bond acceptors (Lipinski definition) is 4. The summed E-state index contributed by atoms with van der Waals surface area (Å²) >= 11 is 7.38. The maximum absolute atomic E-state index is 11.8. The van der Waals surface area contributed by atoms with E-state index in [0.29, 0.717) is 11.4 Å². The zero-order valence-electron chi connectivity index (χ0n) is 10.4. The second-order valence-electron chi connectivity index (χ2n) is 3.87. The van der Waals surface area contributed by atoms with Crippen molar-refractivity contribution in [2.75, 3.05) is 17.3 Å². The number of rotatable bonds is 6. The maximum Gasteiger partial charge on any atom is 0.337 e. The number of amides is 1. The molecule has 0 unspecified atom stereocenters. The molecule has 0 aliphatic heterocycles. The number of halogens is 1. The van der Waals surface area contributed by atoms with Crippen LogP contribution in [0.3, 0.4) is 0 Å². The van der Waals surface area contributed by atoms with Crippen LogP contribution in [0.2, 0.25) is 5.02 Å². The average molecular weight is 303 g/mol. The van der Waals surface area contributed by atoms with Gasteiger partial charge in [0.15, 0.2) is 0 Å². The lowest BCUT2D eigenvalue weighted by atomic mass is 10.1. The molecular weight excluding hydrogens is 288 g/mol. The van der Waals surface area contributed by atoms with Crippen molar-refractivity contribution in [3.63, 3.8) is 0 Å². The molecule has 0 spiro atoms. The molecule has 1 aromatic rings. The first kappa shape index (κ1) is 15.8. The molecule has 0 saturated heterocycles. The summed E-state index contributed by atoms with van der Waals surface area (Å²) in [5.41, 5.74) is 5.85. The Labute approximate surface area is 120 Å². The van der Waals surface area contributed by atoms with Crippen LogP contribution in [0.4, 0.5) is 5.69 Å². The molecule has 104 valence electrons. The van der Waals surface area contributed by atoms with Crippen LogP contribution >= 0.6 is 23.4 Å². The monoisotopic (exact) mass is 302 g/mol. The van der Waals surface area contributed by atoms with Gasteiger partial charge in [0.25, 0.3) is 0 Å². The number of thioether (sulfide) groups is 1. The van der Waals surface area contributed by atoms with Gasteiger partial charge in [0, 0.05) is 5.02 Å². The summed E-state index contributed by atoms with van der Waals surface area (Å²) in [6, 6.07) is 3.51. The Morgan fingerprint density at radius 1 is 1.53 bits per heavy atom. The normalized spacial score (nSPS) is 11.9. The molecule has 7 heteroatoms. The summed E-state index contributed by atoms with van der Waals surface area (Å²) in [6.07, 6.45) is 2.44. The number of carboxylic acid groups (broad SMARTS) is 1. The van der Waals surface area contributed by atoms with Gasteiger partial charge in [-0.15, -0.1) is 0 Å². The first-order valence-corrected chi connectivity index (χ1v) is 7.31. The summed E-state index contributed by atoms with van der Waals surface area (Å²) in [6.45, 7) is 0. The van der Waals surface area contributed by atoms with E-state index in [1.165, 1.54) is 18.2 Å². The van der Waals surface area contributed by atoms with Crippen molar-refractivity contribution in [2.45, 2.75) is 12.5 Å². The van der Waals surface area contributed by atoms with E-state index in [2.05, 4.69) is 5.32 Å². The molecule has 0 radical (unpaired) electrons. The number of benzene rings is 1. The van der Waals surface area contributed by atoms with Crippen LogP contribution in [-0.4, -0.2) is 35.0 Å². The highest BCUT2D eigenvalue weighted by Gasteiger charge is 2.17. The highest BCUT2D eigenvalue weighted by molar-refractivity contribution is 7.98. The fraction of sp³-hybridized carbons (Fsp3) is 0.333. The standard InChI is InChI=1S/C12H15ClN2O3S/c1-19-5-4-9(14)11(16)15-10-6-7(13)2-3-8(10)12(17)18/h2-3,6,9H,4-5,14H2,1H3,(H,15,16)(H,17,18)/t9-/m1/s1. The maximum atomic E-state index is 11.8. The minimum absolute atomic E-state index is 0.0187. The van der Waals surface area contributed by atoms with Crippen molar-refractivity contribution in [1.29, 1.82) is 0 Å². The van der Waals surface area contributed by atoms with Gasteiger partial charge in [-0.05, 0) is 36.6 Å². The van der Waals surface area contributed by atoms with Crippen molar-refractivity contribution in [3.8, 4) is 0 Å². The van der Waals surface area contributed by atoms with Gasteiger partial charge in [-0.2, -0.15) is 11.8 Å². The molecule has 0 aromatic heterocycles. The summed E-state index contributed by atoms with van der Waals surface area (Å²) in [5.74, 6) is -0.793. The largest absolute Gasteiger partial charge is 0.478 e. The summed E-state index contributed by atoms with van der Waals surface area (Å²) in [5, 5.41) is 11.9. The third kappa shape index (κ3) is 4.74. The molecule has 0 heterocycles. The molecule has 0 aliphatic rings. The topological polar surface area (TPSA) is 92.4 Å². The Morgan fingerprint density at radius 3 is 2.79 bits per heavy atom. The SMILES string of the molecule is CSCC[C@@H](N)C(=O)Nc1cc(Cl)ccc1C(=O)O. The van der Waals surface area contributed by atoms with Crippen molar-refractivity contribution in [1.82, 2.24) is 0 Å². The highest BCUT2D eigenvalue weighted by atomic mass is 35.5. The lowest BCUT2D eigenvalue weighted by Gasteiger charge is -2.13. The number of nitrogens with two attached hydrogens (primary N) is 1. The van der Waals surface area contributed by atoms with Gasteiger partial charge in [-0.25, -0.2) is 4.79 Å². The number of nitrogens with one attached hydrogen (secondary N) is 1. The molecular formula is C12H15ClN2O3S. The Kier molecular flexibility index (Phi) is 6.14. The second-order valence-corrected chi connectivity index (χ2v) is 5.29. The molecule has 1 atom stereocenters. The molecule has 19 heavy (non-hydrogen) atoms. The Bertz CT molecular complexity index is 482. The summed E-state index contributed by atoms with van der Waals surface area (Å²) < 4.78 is 0. The number of hydrogen-bond donors (Lipinski definition) is 3. The van der Waals surface area contributed by atoms with E-state index in [-0.39, 0.29) is 11.3 Å². The van der Waals surface area contributed by atoms with Gasteiger partial charge in [0.2, 0.25) is 5.91 Å². The lowest BCUT2D eigenvalue weighted by molar-refractivity contribution is -0.117. The number of aromatic carboxylic acids is 1. The smallest absolute Gasteiger partial charge is 0.337 e. The van der Waals surface area contributed by atoms with Crippen molar-refractivity contribution in [3.05, 3.63) is 28.8 Å². The number of carbonyl (C=O) groups is 2. The van der Waals surface area contributed by atoms with Gasteiger partial charge >= 0.3 is 5.97 Å². The van der Waals surface area contributed by atoms with E-state index >= 15 is 0 Å². The number of carbonyl (C=O) groups excluding carboxylic acids is 1. The molecule has 5 nitrogen and oxygen atoms in total. The first-order chi connectivity index (χ1) is 8.95. The van der Waals surface area contributed by atoms with Crippen molar-refractivity contribution in [2.24, 2.45) is 5.73 Å². The summed E-state index contributed by atoms with van der Waals surface area (Å²) in [7, 11) is 0. The van der Waals surface area contributed by atoms with Gasteiger partial charge in [-0.3, -0.25) is 4.79 Å². The predicted octanol–water partition coefficient (Wildman–Crippen LogP) is 2.06. The first-order valence-electron chi connectivity index (χ1n) is 5.54. The molecule has 0 saturated carbocycles. The number of carboxylic acids is 1. The fourth-order valence-electron chi connectivity index (χ4n) is 1.41. The molecule has 4 N–H and O–H groups in total. The van der Waals surface area contributed by atoms with Gasteiger partial charge in [-0.1, -0.05) is 11.6 Å². The van der Waals surface area contributed by atoms with E-state index in [4.69, 9.17) is 22.4 Å². The van der Waals surface area contributed by atoms with Crippen LogP contribution in [0.5, 0.6) is 0 Å². The Hall–Kier alpha value is -1.24. The number of anilines is 1. The zero-order chi connectivity index (χ0) is 14.4. The molecule has 1 rings (SSSR count). The molecule has 0 aliphatic carbocycles. The van der Waals surface area contributed by atoms with E-state index in [1.807, 2.05) is 6.26 Å². The van der Waals surface area contributed by atoms with Crippen molar-refractivity contribution >= 4 is 40.9 Å². The van der Waals surface area contributed by atoms with Gasteiger partial charge in [0.1, 0.15) is 0 Å². The van der Waals surface area contributed by atoms with Crippen LogP contribution in [0, 0.1) is 0 Å². The van der Waals surface area contributed by atoms with E-state index < -0.39 is 17.9 Å². The zero-order valence-corrected chi connectivity index (χ0v) is 11.9. The highest BCUT2D eigenvalue weighted by Crippen LogP contribution is 2.21. The molecule has 0 bridgehead atoms. The van der Waals surface area contributed by atoms with Crippen LogP contribution in [0.15, 0.2) is 18.2 Å². The molecule has 1 amide bonds. The molecule has 0 fully saturated rings. The van der Waals surface area contributed by atoms with Crippen molar-refractivity contribution < 1.29 is 14.7 Å². The van der Waals surface area contributed by atoms with Crippen LogP contribution in [-0.2, 0) is 4.79 Å². The minimum atomic E-state index is -1.13. The van der Waals surface area contributed by atoms with E-state index in [9.17, 15) is 9.59 Å². The Balaban J connectivity index is 2.83. The van der Waals surface area contributed by atoms with E-state index in [1.54, 1.807) is 11.8 Å². The quantitative estimate of drug-likeness (QED) is 0.748. The lowest BCUT2D eigenvalue weighted by Crippen LogP contribution is -2.36. The minimum Gasteiger partial charge on any atom is -0.478 e. The summed E-state index contributed by atoms with van der Waals surface area (Å²) in [4.78, 5) is 22.9. The van der Waals surface area contributed by atoms with Crippen LogP contribution in [0.25, 0.3) is 0 Å². The second kappa shape index (κ2) is 7.37. The van der Waals surface area contributed by atoms with E-state index in [0.717, 1.165) is 5.75 Å². The third-order valence-electron chi connectivity index (χ3n) is 2.44. The predicted molar refractivity (Wildman–Crippen MR) is 78.0 cm³/mol.